The van der Waals surface area contributed by atoms with Crippen LogP contribution in [0, 0.1) is 0 Å². The zero-order chi connectivity index (χ0) is 22.7. The van der Waals surface area contributed by atoms with Crippen molar-refractivity contribution in [3.05, 3.63) is 75.2 Å². The predicted octanol–water partition coefficient (Wildman–Crippen LogP) is 1.73. The van der Waals surface area contributed by atoms with Crippen LogP contribution in [0.1, 0.15) is 37.4 Å². The minimum absolute atomic E-state index is 0.219. The summed E-state index contributed by atoms with van der Waals surface area (Å²) in [6.45, 7) is 2.12. The molecule has 2 aromatic heterocycles. The highest BCUT2D eigenvalue weighted by atomic mass is 16.5. The molecule has 0 saturated heterocycles. The van der Waals surface area contributed by atoms with Gasteiger partial charge < -0.3 is 10.1 Å². The van der Waals surface area contributed by atoms with E-state index < -0.39 is 6.04 Å². The van der Waals surface area contributed by atoms with E-state index in [1.54, 1.807) is 32.2 Å². The highest BCUT2D eigenvalue weighted by Crippen LogP contribution is 2.38. The maximum atomic E-state index is 12.5. The van der Waals surface area contributed by atoms with Gasteiger partial charge >= 0.3 is 0 Å². The Morgan fingerprint density at radius 3 is 2.56 bits per heavy atom. The van der Waals surface area contributed by atoms with Crippen molar-refractivity contribution in [3.63, 3.8) is 0 Å². The predicted molar refractivity (Wildman–Crippen MR) is 119 cm³/mol. The molecule has 1 aromatic carbocycles. The number of hydrogen-bond acceptors (Lipinski definition) is 6. The third-order valence-electron chi connectivity index (χ3n) is 5.50. The van der Waals surface area contributed by atoms with E-state index in [-0.39, 0.29) is 30.1 Å². The van der Waals surface area contributed by atoms with E-state index in [0.29, 0.717) is 11.6 Å². The largest absolute Gasteiger partial charge is 0.497 e. The second-order valence-electron chi connectivity index (χ2n) is 7.82. The molecule has 9 nitrogen and oxygen atoms in total. The zero-order valence-electron chi connectivity index (χ0n) is 18.0. The second-order valence-corrected chi connectivity index (χ2v) is 7.82. The Hall–Kier alpha value is -3.75. The van der Waals surface area contributed by atoms with E-state index in [2.05, 4.69) is 15.4 Å². The van der Waals surface area contributed by atoms with Crippen molar-refractivity contribution in [2.45, 2.75) is 38.3 Å². The quantitative estimate of drug-likeness (QED) is 0.577. The lowest BCUT2D eigenvalue weighted by Gasteiger charge is -2.15. The molecule has 1 aliphatic rings. The first kappa shape index (κ1) is 21.5. The molecule has 32 heavy (non-hydrogen) atoms. The van der Waals surface area contributed by atoms with Crippen LogP contribution in [0.2, 0.25) is 0 Å². The molecule has 1 aliphatic carbocycles. The van der Waals surface area contributed by atoms with Gasteiger partial charge in [-0.1, -0.05) is 0 Å². The average molecular weight is 435 g/mol. The maximum absolute atomic E-state index is 12.5. The SMILES string of the molecule is COc1ccc(-c2cc(=O)n(CCNC(=O)C(C)n3nc(C4CC4)ccc3=O)cn2)cc1. The number of rotatable bonds is 8. The summed E-state index contributed by atoms with van der Waals surface area (Å²) in [4.78, 5) is 41.5. The summed E-state index contributed by atoms with van der Waals surface area (Å²) in [6, 6.07) is 11.2. The van der Waals surface area contributed by atoms with Gasteiger partial charge in [-0.2, -0.15) is 5.10 Å². The summed E-state index contributed by atoms with van der Waals surface area (Å²) in [5.41, 5.74) is 1.68. The van der Waals surface area contributed by atoms with Crippen LogP contribution in [-0.4, -0.2) is 38.9 Å². The van der Waals surface area contributed by atoms with Crippen LogP contribution in [0.3, 0.4) is 0 Å². The number of aromatic nitrogens is 4. The van der Waals surface area contributed by atoms with Crippen LogP contribution in [0.15, 0.2) is 58.4 Å². The number of hydrogen-bond donors (Lipinski definition) is 1. The normalized spacial score (nSPS) is 14.1. The summed E-state index contributed by atoms with van der Waals surface area (Å²) in [6.07, 6.45) is 3.58. The Morgan fingerprint density at radius 1 is 1.16 bits per heavy atom. The van der Waals surface area contributed by atoms with Crippen LogP contribution < -0.4 is 21.2 Å². The maximum Gasteiger partial charge on any atom is 0.267 e. The lowest BCUT2D eigenvalue weighted by atomic mass is 10.1. The van der Waals surface area contributed by atoms with Gasteiger partial charge in [-0.3, -0.25) is 19.0 Å². The van der Waals surface area contributed by atoms with E-state index in [0.717, 1.165) is 29.8 Å². The Labute approximate surface area is 184 Å². The Bertz CT molecular complexity index is 1230. The van der Waals surface area contributed by atoms with Crippen molar-refractivity contribution in [1.82, 2.24) is 24.6 Å². The molecule has 3 aromatic rings. The molecule has 0 aliphatic heterocycles. The number of nitrogens with one attached hydrogen (secondary N) is 1. The molecule has 0 bridgehead atoms. The minimum atomic E-state index is -0.742. The highest BCUT2D eigenvalue weighted by Gasteiger charge is 2.27. The first-order chi connectivity index (χ1) is 15.5. The molecule has 0 radical (unpaired) electrons. The van der Waals surface area contributed by atoms with Crippen molar-refractivity contribution in [2.24, 2.45) is 0 Å². The van der Waals surface area contributed by atoms with Crippen LogP contribution in [0.4, 0.5) is 0 Å². The van der Waals surface area contributed by atoms with Gasteiger partial charge in [0.2, 0.25) is 5.91 Å². The Morgan fingerprint density at radius 2 is 1.91 bits per heavy atom. The second kappa shape index (κ2) is 9.17. The summed E-state index contributed by atoms with van der Waals surface area (Å²) in [5, 5.41) is 7.12. The molecule has 166 valence electrons. The molecule has 1 unspecified atom stereocenters. The molecule has 1 N–H and O–H groups in total. The number of nitrogens with zero attached hydrogens (tertiary/aromatic N) is 4. The van der Waals surface area contributed by atoms with Gasteiger partial charge in [0, 0.05) is 36.7 Å². The molecule has 1 saturated carbocycles. The molecule has 1 atom stereocenters. The number of carbonyl (C=O) groups is 1. The fourth-order valence-corrected chi connectivity index (χ4v) is 3.39. The topological polar surface area (TPSA) is 108 Å². The van der Waals surface area contributed by atoms with E-state index in [9.17, 15) is 14.4 Å². The average Bonchev–Trinajstić information content (AvgIpc) is 3.65. The van der Waals surface area contributed by atoms with Crippen LogP contribution in [-0.2, 0) is 11.3 Å². The van der Waals surface area contributed by atoms with Crippen molar-refractivity contribution in [2.75, 3.05) is 13.7 Å². The lowest BCUT2D eigenvalue weighted by molar-refractivity contribution is -0.124. The smallest absolute Gasteiger partial charge is 0.267 e. The highest BCUT2D eigenvalue weighted by molar-refractivity contribution is 5.79. The molecule has 0 spiro atoms. The van der Waals surface area contributed by atoms with Crippen LogP contribution in [0.25, 0.3) is 11.3 Å². The van der Waals surface area contributed by atoms with Crippen molar-refractivity contribution < 1.29 is 9.53 Å². The zero-order valence-corrected chi connectivity index (χ0v) is 18.0. The minimum Gasteiger partial charge on any atom is -0.497 e. The third kappa shape index (κ3) is 4.77. The van der Waals surface area contributed by atoms with Crippen molar-refractivity contribution in [1.29, 1.82) is 0 Å². The van der Waals surface area contributed by atoms with E-state index in [4.69, 9.17) is 4.74 Å². The fourth-order valence-electron chi connectivity index (χ4n) is 3.39. The van der Waals surface area contributed by atoms with Gasteiger partial charge in [-0.15, -0.1) is 0 Å². The monoisotopic (exact) mass is 435 g/mol. The summed E-state index contributed by atoms with van der Waals surface area (Å²) in [5.74, 6) is 0.782. The Balaban J connectivity index is 1.36. The van der Waals surface area contributed by atoms with Crippen molar-refractivity contribution >= 4 is 5.91 Å². The first-order valence-corrected chi connectivity index (χ1v) is 10.5. The fraction of sp³-hybridized carbons (Fsp3) is 0.348. The Kier molecular flexibility index (Phi) is 6.16. The number of benzene rings is 1. The first-order valence-electron chi connectivity index (χ1n) is 10.5. The summed E-state index contributed by atoms with van der Waals surface area (Å²) >= 11 is 0. The van der Waals surface area contributed by atoms with E-state index in [1.165, 1.54) is 27.7 Å². The van der Waals surface area contributed by atoms with Crippen molar-refractivity contribution in [3.8, 4) is 17.0 Å². The van der Waals surface area contributed by atoms with Gasteiger partial charge in [0.1, 0.15) is 11.8 Å². The molecule has 2 heterocycles. The summed E-state index contributed by atoms with van der Waals surface area (Å²) < 4.78 is 7.79. The molecule has 1 amide bonds. The lowest BCUT2D eigenvalue weighted by Crippen LogP contribution is -2.39. The van der Waals surface area contributed by atoms with E-state index >= 15 is 0 Å². The van der Waals surface area contributed by atoms with Gasteiger partial charge in [0.25, 0.3) is 11.1 Å². The standard InChI is InChI=1S/C23H25N5O4/c1-15(28-21(29)10-9-19(26-28)16-3-4-16)23(31)24-11-12-27-14-25-20(13-22(27)30)17-5-7-18(32-2)8-6-17/h5-10,13-16H,3-4,11-12H2,1-2H3,(H,24,31). The third-order valence-corrected chi connectivity index (χ3v) is 5.50. The molecular weight excluding hydrogens is 410 g/mol. The van der Waals surface area contributed by atoms with Crippen LogP contribution in [0.5, 0.6) is 5.75 Å². The molecular formula is C23H25N5O4. The van der Waals surface area contributed by atoms with Gasteiger partial charge in [-0.25, -0.2) is 9.67 Å². The molecule has 1 fully saturated rings. The van der Waals surface area contributed by atoms with Gasteiger partial charge in [-0.05, 0) is 50.1 Å². The molecule has 4 rings (SSSR count). The number of ether oxygens (including phenoxy) is 1. The van der Waals surface area contributed by atoms with Gasteiger partial charge in [0.15, 0.2) is 0 Å². The number of methoxy groups -OCH3 is 1. The van der Waals surface area contributed by atoms with Gasteiger partial charge in [0.05, 0.1) is 24.8 Å². The summed E-state index contributed by atoms with van der Waals surface area (Å²) in [7, 11) is 1.59. The van der Waals surface area contributed by atoms with E-state index in [1.807, 2.05) is 12.1 Å². The number of carbonyl (C=O) groups excluding carboxylic acids is 1. The number of amides is 1. The molecule has 9 heteroatoms. The van der Waals surface area contributed by atoms with Crippen LogP contribution >= 0.6 is 0 Å².